The molecule has 0 aliphatic heterocycles. The van der Waals surface area contributed by atoms with Crippen LogP contribution in [0.5, 0.6) is 0 Å². The van der Waals surface area contributed by atoms with Gasteiger partial charge >= 0.3 is 13.3 Å². The van der Waals surface area contributed by atoms with Crippen LogP contribution in [0, 0.1) is 0 Å². The minimum atomic E-state index is -4.65. The Morgan fingerprint density at radius 1 is 0.967 bits per heavy atom. The van der Waals surface area contributed by atoms with E-state index in [4.69, 9.17) is 23.9 Å². The number of rotatable bonds is 12. The fourth-order valence-corrected chi connectivity index (χ4v) is 3.31. The molecule has 0 fully saturated rings. The van der Waals surface area contributed by atoms with Gasteiger partial charge in [0.05, 0.1) is 26.4 Å². The van der Waals surface area contributed by atoms with Crippen LogP contribution in [0.4, 0.5) is 13.2 Å². The zero-order chi connectivity index (χ0) is 23.0. The standard InChI is InChI=1S/C19H33BF3NO5Si/c1-18(2,3)30(4,5)29-12-11-28-10-9-27-8-6-7-16-13-15(20(25)26)14-17(24-16)19(21,22)23/h13-14,25-26H,6-12H2,1-5H3. The highest BCUT2D eigenvalue weighted by atomic mass is 28.4. The second kappa shape index (κ2) is 11.6. The molecule has 1 rings (SSSR count). The van der Waals surface area contributed by atoms with Crippen molar-refractivity contribution in [1.29, 1.82) is 0 Å². The Morgan fingerprint density at radius 3 is 2.07 bits per heavy atom. The maximum absolute atomic E-state index is 12.9. The lowest BCUT2D eigenvalue weighted by Gasteiger charge is -2.36. The summed E-state index contributed by atoms with van der Waals surface area (Å²) in [6, 6.07) is 1.89. The van der Waals surface area contributed by atoms with E-state index in [1.807, 2.05) is 0 Å². The minimum absolute atomic E-state index is 0.135. The molecular formula is C19H33BF3NO5Si. The fraction of sp³-hybridized carbons (Fsp3) is 0.737. The number of hydrogen-bond acceptors (Lipinski definition) is 6. The molecule has 0 aromatic carbocycles. The smallest absolute Gasteiger partial charge is 0.423 e. The van der Waals surface area contributed by atoms with Gasteiger partial charge in [0.25, 0.3) is 0 Å². The van der Waals surface area contributed by atoms with Gasteiger partial charge in [-0.25, -0.2) is 4.98 Å². The highest BCUT2D eigenvalue weighted by Crippen LogP contribution is 2.36. The number of nitrogens with zero attached hydrogens (tertiary/aromatic N) is 1. The van der Waals surface area contributed by atoms with Gasteiger partial charge in [0.15, 0.2) is 8.32 Å². The lowest BCUT2D eigenvalue weighted by atomic mass is 9.80. The van der Waals surface area contributed by atoms with Crippen LogP contribution in [-0.2, 0) is 26.5 Å². The Bertz CT molecular complexity index is 654. The van der Waals surface area contributed by atoms with Crippen molar-refractivity contribution in [3.05, 3.63) is 23.5 Å². The van der Waals surface area contributed by atoms with Gasteiger partial charge < -0.3 is 23.9 Å². The molecule has 0 aliphatic rings. The molecule has 2 N–H and O–H groups in total. The zero-order valence-electron chi connectivity index (χ0n) is 18.4. The first-order chi connectivity index (χ1) is 13.7. The molecule has 0 saturated heterocycles. The minimum Gasteiger partial charge on any atom is -0.423 e. The number of alkyl halides is 3. The third-order valence-corrected chi connectivity index (χ3v) is 9.62. The van der Waals surface area contributed by atoms with E-state index >= 15 is 0 Å². The molecule has 0 atom stereocenters. The topological polar surface area (TPSA) is 81.0 Å². The highest BCUT2D eigenvalue weighted by molar-refractivity contribution is 6.74. The SMILES string of the molecule is CC(C)(C)[Si](C)(C)OCCOCCOCCCc1cc(B(O)O)cc(C(F)(F)F)n1. The van der Waals surface area contributed by atoms with Crippen LogP contribution < -0.4 is 5.46 Å². The quantitative estimate of drug-likeness (QED) is 0.376. The van der Waals surface area contributed by atoms with E-state index in [1.54, 1.807) is 0 Å². The Morgan fingerprint density at radius 2 is 1.53 bits per heavy atom. The lowest BCUT2D eigenvalue weighted by Crippen LogP contribution is -2.41. The summed E-state index contributed by atoms with van der Waals surface area (Å²) in [4.78, 5) is 3.55. The Hall–Kier alpha value is -0.978. The lowest BCUT2D eigenvalue weighted by molar-refractivity contribution is -0.141. The van der Waals surface area contributed by atoms with Gasteiger partial charge in [0, 0.05) is 12.3 Å². The summed E-state index contributed by atoms with van der Waals surface area (Å²) in [6.45, 7) is 13.0. The first-order valence-corrected chi connectivity index (χ1v) is 12.9. The molecule has 0 unspecified atom stereocenters. The van der Waals surface area contributed by atoms with E-state index in [9.17, 15) is 13.2 Å². The molecule has 1 aromatic heterocycles. The summed E-state index contributed by atoms with van der Waals surface area (Å²) >= 11 is 0. The van der Waals surface area contributed by atoms with Crippen molar-refractivity contribution in [2.24, 2.45) is 0 Å². The Kier molecular flexibility index (Phi) is 10.5. The molecule has 0 saturated carbocycles. The van der Waals surface area contributed by atoms with E-state index < -0.39 is 27.3 Å². The molecule has 1 heterocycles. The third kappa shape index (κ3) is 9.44. The zero-order valence-corrected chi connectivity index (χ0v) is 19.4. The van der Waals surface area contributed by atoms with Crippen LogP contribution in [-0.4, -0.2) is 63.5 Å². The summed E-state index contributed by atoms with van der Waals surface area (Å²) in [7, 11) is -3.75. The molecule has 172 valence electrons. The monoisotopic (exact) mass is 451 g/mol. The van der Waals surface area contributed by atoms with E-state index in [0.717, 1.165) is 0 Å². The van der Waals surface area contributed by atoms with Crippen LogP contribution in [0.15, 0.2) is 12.1 Å². The summed E-state index contributed by atoms with van der Waals surface area (Å²) in [5.41, 5.74) is -1.24. The third-order valence-electron chi connectivity index (χ3n) is 5.08. The second-order valence-electron chi connectivity index (χ2n) is 8.59. The largest absolute Gasteiger partial charge is 0.488 e. The van der Waals surface area contributed by atoms with Crippen molar-refractivity contribution < 1.29 is 37.1 Å². The molecule has 0 aliphatic carbocycles. The van der Waals surface area contributed by atoms with Crippen LogP contribution in [0.1, 0.15) is 38.6 Å². The fourth-order valence-electron chi connectivity index (χ4n) is 2.28. The molecule has 0 amide bonds. The number of halogens is 3. The normalized spacial score (nSPS) is 13.0. The van der Waals surface area contributed by atoms with Gasteiger partial charge in [-0.3, -0.25) is 0 Å². The maximum atomic E-state index is 12.9. The van der Waals surface area contributed by atoms with Crippen molar-refractivity contribution in [2.75, 3.05) is 33.0 Å². The van der Waals surface area contributed by atoms with E-state index in [2.05, 4.69) is 38.8 Å². The number of ether oxygens (including phenoxy) is 2. The average Bonchev–Trinajstić information content (AvgIpc) is 2.61. The van der Waals surface area contributed by atoms with Gasteiger partial charge in [-0.15, -0.1) is 0 Å². The van der Waals surface area contributed by atoms with E-state index in [-0.39, 0.29) is 22.6 Å². The van der Waals surface area contributed by atoms with Gasteiger partial charge in [0.1, 0.15) is 5.69 Å². The first kappa shape index (κ1) is 27.1. The summed E-state index contributed by atoms with van der Waals surface area (Å²) < 4.78 is 55.5. The van der Waals surface area contributed by atoms with Crippen LogP contribution in [0.25, 0.3) is 0 Å². The predicted molar refractivity (Wildman–Crippen MR) is 112 cm³/mol. The van der Waals surface area contributed by atoms with Crippen molar-refractivity contribution in [2.45, 2.75) is 57.9 Å². The van der Waals surface area contributed by atoms with E-state index in [1.165, 1.54) is 6.07 Å². The maximum Gasteiger partial charge on any atom is 0.488 e. The predicted octanol–water partition coefficient (Wildman–Crippen LogP) is 2.77. The van der Waals surface area contributed by atoms with Crippen LogP contribution >= 0.6 is 0 Å². The number of pyridine rings is 1. The molecule has 30 heavy (non-hydrogen) atoms. The van der Waals surface area contributed by atoms with Gasteiger partial charge in [-0.1, -0.05) is 20.8 Å². The van der Waals surface area contributed by atoms with Gasteiger partial charge in [0.2, 0.25) is 0 Å². The van der Waals surface area contributed by atoms with Crippen molar-refractivity contribution in [3.8, 4) is 0 Å². The van der Waals surface area contributed by atoms with Crippen LogP contribution in [0.2, 0.25) is 18.1 Å². The van der Waals surface area contributed by atoms with Crippen molar-refractivity contribution >= 4 is 20.9 Å². The van der Waals surface area contributed by atoms with Crippen molar-refractivity contribution in [3.63, 3.8) is 0 Å². The summed E-state index contributed by atoms with van der Waals surface area (Å²) in [5, 5.41) is 18.5. The molecule has 1 aromatic rings. The number of aryl methyl sites for hydroxylation is 1. The molecule has 0 bridgehead atoms. The van der Waals surface area contributed by atoms with Gasteiger partial charge in [-0.05, 0) is 48.6 Å². The molecule has 0 radical (unpaired) electrons. The average molecular weight is 451 g/mol. The highest BCUT2D eigenvalue weighted by Gasteiger charge is 2.37. The van der Waals surface area contributed by atoms with Crippen LogP contribution in [0.3, 0.4) is 0 Å². The molecule has 0 spiro atoms. The summed E-state index contributed by atoms with van der Waals surface area (Å²) in [6.07, 6.45) is -3.98. The summed E-state index contributed by atoms with van der Waals surface area (Å²) in [5.74, 6) is 0. The molecular weight excluding hydrogens is 418 g/mol. The van der Waals surface area contributed by atoms with Crippen molar-refractivity contribution in [1.82, 2.24) is 4.98 Å². The van der Waals surface area contributed by atoms with E-state index in [0.29, 0.717) is 45.5 Å². The second-order valence-corrected chi connectivity index (χ2v) is 13.4. The van der Waals surface area contributed by atoms with Gasteiger partial charge in [-0.2, -0.15) is 13.2 Å². The number of hydrogen-bond donors (Lipinski definition) is 2. The number of aromatic nitrogens is 1. The Labute approximate surface area is 178 Å². The molecule has 11 heteroatoms. The molecule has 6 nitrogen and oxygen atoms in total. The first-order valence-electron chi connectivity index (χ1n) is 9.97. The Balaban J connectivity index is 2.25.